The van der Waals surface area contributed by atoms with Gasteiger partial charge in [-0.1, -0.05) is 0 Å². The third kappa shape index (κ3) is 6.81. The zero-order valence-electron chi connectivity index (χ0n) is 9.58. The van der Waals surface area contributed by atoms with Gasteiger partial charge in [0.1, 0.15) is 6.04 Å². The van der Waals surface area contributed by atoms with Crippen molar-refractivity contribution in [3.05, 3.63) is 0 Å². The Morgan fingerprint density at radius 2 is 1.94 bits per heavy atom. The lowest BCUT2D eigenvalue weighted by molar-refractivity contribution is -0.140. The summed E-state index contributed by atoms with van der Waals surface area (Å²) in [4.78, 5) is 32.0. The van der Waals surface area contributed by atoms with Gasteiger partial charge in [-0.25, -0.2) is 13.1 Å². The van der Waals surface area contributed by atoms with Crippen molar-refractivity contribution in [3.8, 4) is 0 Å². The molecule has 0 aliphatic rings. The Kier molecular flexibility index (Phi) is 6.27. The second kappa shape index (κ2) is 6.91. The van der Waals surface area contributed by atoms with E-state index in [1.807, 2.05) is 0 Å². The van der Waals surface area contributed by atoms with Gasteiger partial charge < -0.3 is 15.6 Å². The van der Waals surface area contributed by atoms with E-state index in [9.17, 15) is 22.8 Å². The lowest BCUT2D eigenvalue weighted by Crippen LogP contribution is -2.44. The van der Waals surface area contributed by atoms with Crippen LogP contribution in [0.1, 0.15) is 12.8 Å². The van der Waals surface area contributed by atoms with Gasteiger partial charge in [0.25, 0.3) is 0 Å². The molecule has 1 amide bonds. The molecule has 0 saturated carbocycles. The maximum absolute atomic E-state index is 11.4. The number of hydrogen-bond donors (Lipinski definition) is 3. The van der Waals surface area contributed by atoms with Gasteiger partial charge in [0.2, 0.25) is 15.9 Å². The van der Waals surface area contributed by atoms with Crippen LogP contribution in [0.5, 0.6) is 0 Å². The highest BCUT2D eigenvalue weighted by Gasteiger charge is 2.26. The highest BCUT2D eigenvalue weighted by atomic mass is 32.2. The number of primary amides is 1. The van der Waals surface area contributed by atoms with Gasteiger partial charge in [-0.3, -0.25) is 14.4 Å². The normalized spacial score (nSPS) is 12.7. The van der Waals surface area contributed by atoms with Gasteiger partial charge in [-0.05, 0) is 0 Å². The first-order chi connectivity index (χ1) is 8.18. The molecule has 0 aliphatic carbocycles. The van der Waals surface area contributed by atoms with Crippen LogP contribution in [0.3, 0.4) is 0 Å². The summed E-state index contributed by atoms with van der Waals surface area (Å²) in [5.74, 6) is -3.88. The average Bonchev–Trinajstić information content (AvgIpc) is 2.24. The third-order valence-electron chi connectivity index (χ3n) is 1.83. The summed E-state index contributed by atoms with van der Waals surface area (Å²) in [6.07, 6.45) is -1.10. The first kappa shape index (κ1) is 16.3. The molecular formula is C8H14N2O7S. The Balaban J connectivity index is 4.56. The molecule has 18 heavy (non-hydrogen) atoms. The fourth-order valence-electron chi connectivity index (χ4n) is 0.976. The summed E-state index contributed by atoms with van der Waals surface area (Å²) in [5.41, 5.74) is 4.78. The maximum atomic E-state index is 11.4. The molecule has 9 nitrogen and oxygen atoms in total. The van der Waals surface area contributed by atoms with Crippen molar-refractivity contribution in [2.45, 2.75) is 18.9 Å². The molecule has 0 aromatic carbocycles. The minimum Gasteiger partial charge on any atom is -0.480 e. The van der Waals surface area contributed by atoms with Gasteiger partial charge in [0, 0.05) is 0 Å². The van der Waals surface area contributed by atoms with Crippen LogP contribution in [-0.4, -0.2) is 50.3 Å². The van der Waals surface area contributed by atoms with E-state index in [-0.39, 0.29) is 0 Å². The van der Waals surface area contributed by atoms with Crippen LogP contribution >= 0.6 is 0 Å². The fraction of sp³-hybridized carbons (Fsp3) is 0.625. The van der Waals surface area contributed by atoms with Crippen LogP contribution in [0.25, 0.3) is 0 Å². The van der Waals surface area contributed by atoms with Gasteiger partial charge in [0.05, 0.1) is 25.7 Å². The first-order valence-corrected chi connectivity index (χ1v) is 6.41. The summed E-state index contributed by atoms with van der Waals surface area (Å²) < 4.78 is 28.8. The number of esters is 1. The molecule has 104 valence electrons. The Morgan fingerprint density at radius 1 is 1.39 bits per heavy atom. The standard InChI is InChI=1S/C8H14N2O7S/c1-17-7(12)2-3-18(15,16)10-5(8(13)14)4-6(9)11/h5,10H,2-4H2,1H3,(H2,9,11)(H,13,14). The van der Waals surface area contributed by atoms with Crippen molar-refractivity contribution < 1.29 is 32.6 Å². The van der Waals surface area contributed by atoms with Crippen LogP contribution < -0.4 is 10.5 Å². The molecular weight excluding hydrogens is 268 g/mol. The molecule has 0 fully saturated rings. The molecule has 10 heteroatoms. The Bertz CT molecular complexity index is 431. The minimum absolute atomic E-state index is 0.422. The van der Waals surface area contributed by atoms with Gasteiger partial charge in [-0.2, -0.15) is 0 Å². The number of aliphatic carboxylic acids is 1. The molecule has 1 unspecified atom stereocenters. The quantitative estimate of drug-likeness (QED) is 0.427. The van der Waals surface area contributed by atoms with E-state index >= 15 is 0 Å². The molecule has 1 atom stereocenters. The first-order valence-electron chi connectivity index (χ1n) is 4.76. The van der Waals surface area contributed by atoms with Crippen molar-refractivity contribution in [2.75, 3.05) is 12.9 Å². The second-order valence-corrected chi connectivity index (χ2v) is 5.20. The highest BCUT2D eigenvalue weighted by molar-refractivity contribution is 7.89. The van der Waals surface area contributed by atoms with Crippen LogP contribution in [0.2, 0.25) is 0 Å². The molecule has 0 bridgehead atoms. The summed E-state index contributed by atoms with van der Waals surface area (Å²) in [7, 11) is -2.92. The molecule has 0 radical (unpaired) electrons. The van der Waals surface area contributed by atoms with Crippen molar-refractivity contribution in [1.82, 2.24) is 4.72 Å². The molecule has 0 aromatic rings. The molecule has 0 aliphatic heterocycles. The number of nitrogens with two attached hydrogens (primary N) is 1. The topological polar surface area (TPSA) is 153 Å². The number of ether oxygens (including phenoxy) is 1. The van der Waals surface area contributed by atoms with E-state index in [0.717, 1.165) is 7.11 Å². The molecule has 4 N–H and O–H groups in total. The van der Waals surface area contributed by atoms with Crippen LogP contribution in [0.4, 0.5) is 0 Å². The number of hydrogen-bond acceptors (Lipinski definition) is 6. The Labute approximate surface area is 103 Å². The highest BCUT2D eigenvalue weighted by Crippen LogP contribution is 1.98. The molecule has 0 aromatic heterocycles. The second-order valence-electron chi connectivity index (χ2n) is 3.32. The van der Waals surface area contributed by atoms with Crippen molar-refractivity contribution in [1.29, 1.82) is 0 Å². The van der Waals surface area contributed by atoms with Gasteiger partial charge in [0.15, 0.2) is 0 Å². The van der Waals surface area contributed by atoms with Crippen LogP contribution in [0, 0.1) is 0 Å². The van der Waals surface area contributed by atoms with E-state index in [2.05, 4.69) is 4.74 Å². The largest absolute Gasteiger partial charge is 0.480 e. The van der Waals surface area contributed by atoms with Gasteiger partial charge >= 0.3 is 11.9 Å². The van der Waals surface area contributed by atoms with Crippen LogP contribution in [-0.2, 0) is 29.1 Å². The summed E-state index contributed by atoms with van der Waals surface area (Å²) in [5, 5.41) is 8.68. The van der Waals surface area contributed by atoms with Crippen molar-refractivity contribution >= 4 is 27.9 Å². The number of carboxylic acid groups (broad SMARTS) is 1. The predicted molar refractivity (Wildman–Crippen MR) is 58.8 cm³/mol. The number of amides is 1. The number of carbonyl (C=O) groups is 3. The summed E-state index contributed by atoms with van der Waals surface area (Å²) >= 11 is 0. The maximum Gasteiger partial charge on any atom is 0.322 e. The number of nitrogens with one attached hydrogen (secondary N) is 1. The Morgan fingerprint density at radius 3 is 2.33 bits per heavy atom. The van der Waals surface area contributed by atoms with E-state index in [4.69, 9.17) is 10.8 Å². The van der Waals surface area contributed by atoms with E-state index in [0.29, 0.717) is 0 Å². The van der Waals surface area contributed by atoms with Crippen molar-refractivity contribution in [3.63, 3.8) is 0 Å². The van der Waals surface area contributed by atoms with E-state index in [1.165, 1.54) is 0 Å². The zero-order valence-corrected chi connectivity index (χ0v) is 10.4. The summed E-state index contributed by atoms with van der Waals surface area (Å²) in [6.45, 7) is 0. The summed E-state index contributed by atoms with van der Waals surface area (Å²) in [6, 6.07) is -1.65. The molecule has 0 heterocycles. The lowest BCUT2D eigenvalue weighted by atomic mass is 10.2. The predicted octanol–water partition coefficient (Wildman–Crippen LogP) is -2.20. The SMILES string of the molecule is COC(=O)CCS(=O)(=O)NC(CC(N)=O)C(=O)O. The number of rotatable bonds is 8. The van der Waals surface area contributed by atoms with Gasteiger partial charge in [-0.15, -0.1) is 0 Å². The number of carboxylic acids is 1. The number of sulfonamides is 1. The monoisotopic (exact) mass is 282 g/mol. The lowest BCUT2D eigenvalue weighted by Gasteiger charge is -2.12. The fourth-order valence-corrected chi connectivity index (χ4v) is 2.15. The molecule has 0 rings (SSSR count). The minimum atomic E-state index is -4.02. The molecule has 0 saturated heterocycles. The number of methoxy groups -OCH3 is 1. The smallest absolute Gasteiger partial charge is 0.322 e. The van der Waals surface area contributed by atoms with E-state index in [1.54, 1.807) is 4.72 Å². The number of carbonyl (C=O) groups excluding carboxylic acids is 2. The zero-order chi connectivity index (χ0) is 14.3. The van der Waals surface area contributed by atoms with Crippen molar-refractivity contribution in [2.24, 2.45) is 5.73 Å². The van der Waals surface area contributed by atoms with Crippen LogP contribution in [0.15, 0.2) is 0 Å². The molecule has 0 spiro atoms. The Hall–Kier alpha value is -1.68. The third-order valence-corrected chi connectivity index (χ3v) is 3.21. The average molecular weight is 282 g/mol. The van der Waals surface area contributed by atoms with E-state index < -0.39 is 52.5 Å².